The number of epoxide rings is 1. The monoisotopic (exact) mass is 1000 g/mol. The van der Waals surface area contributed by atoms with E-state index in [0.717, 1.165) is 59.9 Å². The first-order valence-electron chi connectivity index (χ1n) is 26.8. The first kappa shape index (κ1) is 50.2. The highest BCUT2D eigenvalue weighted by molar-refractivity contribution is 5.96. The normalized spacial score (nSPS) is 33.6. The summed E-state index contributed by atoms with van der Waals surface area (Å²) >= 11 is 0. The predicted octanol–water partition coefficient (Wildman–Crippen LogP) is 7.21. The minimum absolute atomic E-state index is 0.0321. The number of esters is 2. The summed E-state index contributed by atoms with van der Waals surface area (Å²) in [7, 11) is 1.60. The molecule has 11 rings (SSSR count). The van der Waals surface area contributed by atoms with Gasteiger partial charge in [0.15, 0.2) is 11.8 Å². The van der Waals surface area contributed by atoms with Gasteiger partial charge in [0.05, 0.1) is 30.9 Å². The van der Waals surface area contributed by atoms with Crippen molar-refractivity contribution in [3.05, 3.63) is 112 Å². The van der Waals surface area contributed by atoms with Crippen LogP contribution in [0.1, 0.15) is 121 Å². The van der Waals surface area contributed by atoms with Crippen molar-refractivity contribution in [2.24, 2.45) is 22.7 Å². The van der Waals surface area contributed by atoms with Crippen LogP contribution in [0, 0.1) is 22.7 Å². The molecule has 390 valence electrons. The number of hydroxylamine groups is 2. The molecule has 3 aromatic carbocycles. The molecule has 2 bridgehead atoms. The van der Waals surface area contributed by atoms with Crippen molar-refractivity contribution in [3.63, 3.8) is 0 Å². The number of fused-ring (bicyclic) bond motifs is 7. The number of carbonyl (C=O) groups is 4. The van der Waals surface area contributed by atoms with Gasteiger partial charge in [-0.3, -0.25) is 24.0 Å². The molecule has 73 heavy (non-hydrogen) atoms. The van der Waals surface area contributed by atoms with Crippen LogP contribution in [-0.2, 0) is 73.5 Å². The Morgan fingerprint density at radius 1 is 0.918 bits per heavy atom. The fourth-order valence-corrected chi connectivity index (χ4v) is 14.0. The maximum absolute atomic E-state index is 16.2. The number of aliphatic hydroxyl groups excluding tert-OH is 1. The zero-order chi connectivity index (χ0) is 51.2. The van der Waals surface area contributed by atoms with Crippen molar-refractivity contribution in [1.82, 2.24) is 15.3 Å². The number of carbonyl (C=O) groups excluding carboxylic acids is 4. The molecule has 4 heterocycles. The number of benzene rings is 3. The first-order valence-corrected chi connectivity index (χ1v) is 26.8. The molecular formula is C59H73N3O11. The molecule has 12 atom stereocenters. The average Bonchev–Trinajstić information content (AvgIpc) is 3.61. The van der Waals surface area contributed by atoms with Crippen molar-refractivity contribution in [2.75, 3.05) is 13.7 Å². The van der Waals surface area contributed by atoms with Crippen LogP contribution in [0.5, 0.6) is 0 Å². The van der Waals surface area contributed by atoms with Gasteiger partial charge in [0, 0.05) is 39.2 Å². The Hall–Kier alpha value is -4.96. The summed E-state index contributed by atoms with van der Waals surface area (Å²) in [5, 5.41) is 15.1. The smallest absolute Gasteiger partial charge is 0.327 e. The van der Waals surface area contributed by atoms with Crippen LogP contribution in [0.4, 0.5) is 0 Å². The fraction of sp³-hybridized carbons (Fsp3) is 0.593. The molecule has 3 aromatic rings. The Labute approximate surface area is 429 Å². The van der Waals surface area contributed by atoms with Crippen LogP contribution in [0.2, 0.25) is 0 Å². The molecule has 4 saturated heterocycles. The second-order valence-corrected chi connectivity index (χ2v) is 24.4. The molecule has 0 aromatic heterocycles. The van der Waals surface area contributed by atoms with E-state index in [1.54, 1.807) is 32.9 Å². The number of hydrogen-bond acceptors (Lipinski definition) is 12. The van der Waals surface area contributed by atoms with Crippen LogP contribution >= 0.6 is 0 Å². The van der Waals surface area contributed by atoms with E-state index < -0.39 is 89.7 Å². The van der Waals surface area contributed by atoms with Crippen LogP contribution in [0.3, 0.4) is 0 Å². The third kappa shape index (κ3) is 9.26. The van der Waals surface area contributed by atoms with E-state index in [-0.39, 0.29) is 49.3 Å². The fourth-order valence-electron chi connectivity index (χ4n) is 14.0. The van der Waals surface area contributed by atoms with Crippen LogP contribution in [0.15, 0.2) is 84.4 Å². The highest BCUT2D eigenvalue weighted by atomic mass is 16.8. The van der Waals surface area contributed by atoms with Crippen molar-refractivity contribution in [3.8, 4) is 0 Å². The average molecular weight is 1000 g/mol. The van der Waals surface area contributed by atoms with Gasteiger partial charge in [-0.2, -0.15) is 5.06 Å². The SMILES string of the molecule is CN(C(=O)C12CC3OC(=O)C1N(Cc1ccccc1C=C1CCC4OC4(C)CCC4C1CC4(C)C)OC2C1OC2(Cc4ccccc4C2)OC31)C(Cc1ccccc1)C(=O)NC(CO)CCC(=O)OC(C)(C)C. The zero-order valence-corrected chi connectivity index (χ0v) is 43.5. The highest BCUT2D eigenvalue weighted by Gasteiger charge is 2.77. The van der Waals surface area contributed by atoms with E-state index in [4.69, 9.17) is 28.5 Å². The third-order valence-electron chi connectivity index (χ3n) is 17.9. The summed E-state index contributed by atoms with van der Waals surface area (Å²) in [6.45, 7) is 12.1. The van der Waals surface area contributed by atoms with E-state index >= 15 is 9.59 Å². The molecule has 0 radical (unpaired) electrons. The molecule has 2 N–H and O–H groups in total. The summed E-state index contributed by atoms with van der Waals surface area (Å²) in [4.78, 5) is 67.2. The van der Waals surface area contributed by atoms with E-state index in [1.807, 2.05) is 54.6 Å². The summed E-state index contributed by atoms with van der Waals surface area (Å²) < 4.78 is 32.3. The summed E-state index contributed by atoms with van der Waals surface area (Å²) in [6, 6.07) is 22.7. The Morgan fingerprint density at radius 2 is 1.62 bits per heavy atom. The Kier molecular flexibility index (Phi) is 12.9. The van der Waals surface area contributed by atoms with E-state index in [0.29, 0.717) is 24.7 Å². The third-order valence-corrected chi connectivity index (χ3v) is 17.9. The molecule has 14 nitrogen and oxygen atoms in total. The number of aliphatic hydroxyl groups is 1. The number of likely N-dealkylation sites (N-methyl/N-ethyl adjacent to an activating group) is 1. The number of nitrogens with zero attached hydrogens (tertiary/aromatic N) is 2. The number of allylic oxidation sites excluding steroid dienone is 1. The van der Waals surface area contributed by atoms with Crippen LogP contribution in [-0.4, -0.2) is 118 Å². The van der Waals surface area contributed by atoms with Gasteiger partial charge in [-0.15, -0.1) is 0 Å². The standard InChI is InChI=1S/C59H73N3O11/c1-55(2,3)70-47(64)24-22-41(34-63)60-52(65)44(27-35-15-9-8-10-16-35)61(7)54(67)59-32-45-48-49(72-58(71-48)29-38-18-12-13-19-39(38)30-58)51(59)73-62(50(59)53(66)68-45)33-40-20-14-11-17-36(40)28-37-21-23-46-57(6,69-46)26-25-43-42(37)31-56(43,4)5/h8-20,28,41-46,48-51,63H,21-27,29-34H2,1-7H3,(H,60,65). The molecule has 4 aliphatic carbocycles. The van der Waals surface area contributed by atoms with Gasteiger partial charge in [0.1, 0.15) is 41.5 Å². The topological polar surface area (TPSA) is 166 Å². The first-order chi connectivity index (χ1) is 34.8. The van der Waals surface area contributed by atoms with E-state index in [9.17, 15) is 14.7 Å². The molecule has 8 aliphatic rings. The number of rotatable bonds is 13. The minimum atomic E-state index is -1.56. The second kappa shape index (κ2) is 18.7. The lowest BCUT2D eigenvalue weighted by atomic mass is 9.52. The van der Waals surface area contributed by atoms with Gasteiger partial charge in [0.25, 0.3) is 0 Å². The van der Waals surface area contributed by atoms with Gasteiger partial charge < -0.3 is 39.0 Å². The lowest BCUT2D eigenvalue weighted by Crippen LogP contribution is -2.70. The molecule has 12 unspecified atom stereocenters. The lowest BCUT2D eigenvalue weighted by molar-refractivity contribution is -0.218. The van der Waals surface area contributed by atoms with Crippen molar-refractivity contribution in [1.29, 1.82) is 0 Å². The van der Waals surface area contributed by atoms with Crippen molar-refractivity contribution >= 4 is 29.8 Å². The number of amides is 2. The van der Waals surface area contributed by atoms with Gasteiger partial charge in [-0.1, -0.05) is 104 Å². The molecule has 4 aliphatic heterocycles. The molecule has 3 saturated carbocycles. The Morgan fingerprint density at radius 3 is 2.33 bits per heavy atom. The van der Waals surface area contributed by atoms with Gasteiger partial charge in [-0.05, 0) is 111 Å². The molecule has 14 heteroatoms. The quantitative estimate of drug-likeness (QED) is 0.131. The maximum atomic E-state index is 16.2. The molecule has 7 fully saturated rings. The number of ether oxygens (including phenoxy) is 5. The van der Waals surface area contributed by atoms with Crippen molar-refractivity contribution < 1.29 is 52.8 Å². The van der Waals surface area contributed by atoms with Gasteiger partial charge in [-0.25, -0.2) is 0 Å². The summed E-state index contributed by atoms with van der Waals surface area (Å²) in [5.74, 6) is -2.03. The van der Waals surface area contributed by atoms with Gasteiger partial charge in [0.2, 0.25) is 11.8 Å². The molecule has 1 spiro atoms. The number of hydrogen-bond donors (Lipinski definition) is 2. The lowest BCUT2D eigenvalue weighted by Gasteiger charge is -2.53. The second-order valence-electron chi connectivity index (χ2n) is 24.4. The minimum Gasteiger partial charge on any atom is -0.460 e. The molecule has 2 amide bonds. The Balaban J connectivity index is 0.933. The maximum Gasteiger partial charge on any atom is 0.327 e. The zero-order valence-electron chi connectivity index (χ0n) is 43.5. The predicted molar refractivity (Wildman–Crippen MR) is 270 cm³/mol. The summed E-state index contributed by atoms with van der Waals surface area (Å²) in [5.41, 5.74) is 4.38. The van der Waals surface area contributed by atoms with Crippen molar-refractivity contribution in [2.45, 2.75) is 184 Å². The van der Waals surface area contributed by atoms with Crippen LogP contribution < -0.4 is 5.32 Å². The molecular weight excluding hydrogens is 927 g/mol. The highest BCUT2D eigenvalue weighted by Crippen LogP contribution is 2.61. The number of nitrogens with one attached hydrogen (secondary N) is 1. The summed E-state index contributed by atoms with van der Waals surface area (Å²) in [6.07, 6.45) is 5.84. The van der Waals surface area contributed by atoms with E-state index in [2.05, 4.69) is 56.4 Å². The largest absolute Gasteiger partial charge is 0.460 e. The van der Waals surface area contributed by atoms with Gasteiger partial charge >= 0.3 is 11.9 Å². The Bertz CT molecular complexity index is 2640. The van der Waals surface area contributed by atoms with Crippen LogP contribution in [0.25, 0.3) is 6.08 Å². The van der Waals surface area contributed by atoms with E-state index in [1.165, 1.54) is 10.5 Å².